The molecule has 0 aliphatic rings. The van der Waals surface area contributed by atoms with Gasteiger partial charge in [-0.15, -0.1) is 0 Å². The summed E-state index contributed by atoms with van der Waals surface area (Å²) in [5.74, 6) is 0. The Bertz CT molecular complexity index is 466. The highest BCUT2D eigenvalue weighted by atomic mass is 79.9. The Kier molecular flexibility index (Phi) is 6.61. The third-order valence-corrected chi connectivity index (χ3v) is 5.07. The third-order valence-electron chi connectivity index (χ3n) is 1.99. The van der Waals surface area contributed by atoms with Crippen LogP contribution in [0.15, 0.2) is 33.5 Å². The molecule has 0 heterocycles. The van der Waals surface area contributed by atoms with Crippen molar-refractivity contribution in [2.45, 2.75) is 13.8 Å². The van der Waals surface area contributed by atoms with E-state index in [1.165, 1.54) is 0 Å². The topological polar surface area (TPSA) is 35.5 Å². The van der Waals surface area contributed by atoms with Crippen molar-refractivity contribution in [3.05, 3.63) is 39.1 Å². The molecule has 3 nitrogen and oxygen atoms in total. The monoisotopic (exact) mass is 352 g/mol. The summed E-state index contributed by atoms with van der Waals surface area (Å²) in [6, 6.07) is 7.49. The van der Waals surface area contributed by atoms with Crippen molar-refractivity contribution in [3.8, 4) is 0 Å². The summed E-state index contributed by atoms with van der Waals surface area (Å²) < 4.78 is 23.7. The molecule has 0 aromatic heterocycles. The van der Waals surface area contributed by atoms with Gasteiger partial charge in [-0.05, 0) is 37.6 Å². The third kappa shape index (κ3) is 4.52. The molecule has 1 aromatic carbocycles. The van der Waals surface area contributed by atoms with Crippen molar-refractivity contribution < 1.29 is 13.6 Å². The van der Waals surface area contributed by atoms with Crippen LogP contribution in [0.2, 0.25) is 0 Å². The number of hydrogen-bond donors (Lipinski definition) is 0. The van der Waals surface area contributed by atoms with Crippen LogP contribution in [-0.2, 0) is 13.6 Å². The van der Waals surface area contributed by atoms with E-state index in [0.717, 1.165) is 10.0 Å². The van der Waals surface area contributed by atoms with Gasteiger partial charge < -0.3 is 9.05 Å². The summed E-state index contributed by atoms with van der Waals surface area (Å²) in [4.78, 5) is 0. The van der Waals surface area contributed by atoms with Crippen molar-refractivity contribution in [2.75, 3.05) is 13.2 Å². The first kappa shape index (κ1) is 15.9. The molecule has 1 rings (SSSR count). The Morgan fingerprint density at radius 3 is 2.50 bits per heavy atom. The Morgan fingerprint density at radius 1 is 1.39 bits per heavy atom. The van der Waals surface area contributed by atoms with Crippen molar-refractivity contribution >= 4 is 41.2 Å². The molecule has 0 aliphatic carbocycles. The molecule has 0 N–H and O–H groups in total. The lowest BCUT2D eigenvalue weighted by Crippen LogP contribution is -1.95. The minimum Gasteiger partial charge on any atom is -0.305 e. The lowest BCUT2D eigenvalue weighted by atomic mass is 10.2. The van der Waals surface area contributed by atoms with Gasteiger partial charge in [-0.25, -0.2) is 0 Å². The Morgan fingerprint density at radius 2 is 2.00 bits per heavy atom. The second kappa shape index (κ2) is 7.46. The average molecular weight is 354 g/mol. The molecule has 0 aliphatic heterocycles. The van der Waals surface area contributed by atoms with E-state index in [9.17, 15) is 4.57 Å². The standard InChI is InChI=1S/C12H15BrClO3P/c1-3-16-18(15,17-4-2)12(14)9-10-6-5-7-11(13)8-10/h5-9H,3-4H2,1-2H3/b12-9+. The Labute approximate surface area is 121 Å². The molecule has 6 heteroatoms. The van der Waals surface area contributed by atoms with E-state index < -0.39 is 7.60 Å². The van der Waals surface area contributed by atoms with Gasteiger partial charge in [0.15, 0.2) is 0 Å². The molecule has 0 unspecified atom stereocenters. The minimum atomic E-state index is -3.38. The smallest absolute Gasteiger partial charge is 0.305 e. The highest BCUT2D eigenvalue weighted by molar-refractivity contribution is 9.10. The van der Waals surface area contributed by atoms with Crippen LogP contribution in [0.3, 0.4) is 0 Å². The van der Waals surface area contributed by atoms with Crippen LogP contribution in [-0.4, -0.2) is 13.2 Å². The van der Waals surface area contributed by atoms with E-state index in [-0.39, 0.29) is 18.0 Å². The predicted octanol–water partition coefficient (Wildman–Crippen LogP) is 5.25. The molecular formula is C12H15BrClO3P. The highest BCUT2D eigenvalue weighted by Gasteiger charge is 2.28. The van der Waals surface area contributed by atoms with Crippen LogP contribution >= 0.6 is 35.1 Å². The molecule has 0 saturated carbocycles. The molecular weight excluding hydrogens is 338 g/mol. The van der Waals surface area contributed by atoms with Gasteiger partial charge in [0, 0.05) is 4.47 Å². The number of benzene rings is 1. The summed E-state index contributed by atoms with van der Waals surface area (Å²) in [6.07, 6.45) is 1.60. The van der Waals surface area contributed by atoms with Crippen molar-refractivity contribution in [3.63, 3.8) is 0 Å². The maximum Gasteiger partial charge on any atom is 0.372 e. The quantitative estimate of drug-likeness (QED) is 0.655. The SMILES string of the molecule is CCOP(=O)(OCC)/C(Cl)=C/c1cccc(Br)c1. The number of hydrogen-bond acceptors (Lipinski definition) is 3. The molecule has 0 saturated heterocycles. The predicted molar refractivity (Wildman–Crippen MR) is 78.8 cm³/mol. The first-order valence-corrected chi connectivity index (χ1v) is 8.25. The number of rotatable bonds is 6. The van der Waals surface area contributed by atoms with Crippen LogP contribution in [0.5, 0.6) is 0 Å². The highest BCUT2D eigenvalue weighted by Crippen LogP contribution is 2.58. The van der Waals surface area contributed by atoms with Crippen LogP contribution in [0.4, 0.5) is 0 Å². The van der Waals surface area contributed by atoms with Gasteiger partial charge in [0.25, 0.3) is 0 Å². The molecule has 1 aromatic rings. The van der Waals surface area contributed by atoms with Gasteiger partial charge >= 0.3 is 7.60 Å². The molecule has 0 amide bonds. The van der Waals surface area contributed by atoms with Crippen LogP contribution in [0.1, 0.15) is 19.4 Å². The molecule has 0 fully saturated rings. The zero-order chi connectivity index (χ0) is 13.6. The van der Waals surface area contributed by atoms with E-state index >= 15 is 0 Å². The summed E-state index contributed by atoms with van der Waals surface area (Å²) in [5.41, 5.74) is 0.828. The molecule has 0 spiro atoms. The molecule has 100 valence electrons. The minimum absolute atomic E-state index is 0.0873. The average Bonchev–Trinajstić information content (AvgIpc) is 2.29. The van der Waals surface area contributed by atoms with Gasteiger partial charge in [0.05, 0.1) is 13.2 Å². The summed E-state index contributed by atoms with van der Waals surface area (Å²) in [7, 11) is -3.38. The molecule has 0 atom stereocenters. The van der Waals surface area contributed by atoms with Gasteiger partial charge in [-0.1, -0.05) is 39.7 Å². The Balaban J connectivity index is 3.02. The Hall–Kier alpha value is -0.120. The zero-order valence-electron chi connectivity index (χ0n) is 10.2. The number of halogens is 2. The molecule has 0 radical (unpaired) electrons. The normalized spacial score (nSPS) is 12.8. The largest absolute Gasteiger partial charge is 0.372 e. The van der Waals surface area contributed by atoms with Gasteiger partial charge in [-0.3, -0.25) is 4.57 Å². The van der Waals surface area contributed by atoms with E-state index in [4.69, 9.17) is 20.6 Å². The van der Waals surface area contributed by atoms with Gasteiger partial charge in [0.1, 0.15) is 4.77 Å². The van der Waals surface area contributed by atoms with Crippen molar-refractivity contribution in [1.29, 1.82) is 0 Å². The second-order valence-corrected chi connectivity index (χ2v) is 6.93. The van der Waals surface area contributed by atoms with E-state index in [1.54, 1.807) is 19.9 Å². The van der Waals surface area contributed by atoms with Crippen LogP contribution in [0, 0.1) is 0 Å². The second-order valence-electron chi connectivity index (χ2n) is 3.36. The summed E-state index contributed by atoms with van der Waals surface area (Å²) >= 11 is 9.43. The van der Waals surface area contributed by atoms with Crippen LogP contribution < -0.4 is 0 Å². The zero-order valence-corrected chi connectivity index (χ0v) is 13.5. The lowest BCUT2D eigenvalue weighted by molar-refractivity contribution is 0.228. The van der Waals surface area contributed by atoms with Crippen LogP contribution in [0.25, 0.3) is 6.08 Å². The fraction of sp³-hybridized carbons (Fsp3) is 0.333. The summed E-state index contributed by atoms with van der Waals surface area (Å²) in [5, 5.41) is 0. The van der Waals surface area contributed by atoms with Crippen molar-refractivity contribution in [2.24, 2.45) is 0 Å². The first-order chi connectivity index (χ1) is 8.51. The first-order valence-electron chi connectivity index (χ1n) is 5.54. The van der Waals surface area contributed by atoms with E-state index in [0.29, 0.717) is 0 Å². The van der Waals surface area contributed by atoms with E-state index in [2.05, 4.69) is 15.9 Å². The fourth-order valence-electron chi connectivity index (χ4n) is 1.31. The lowest BCUT2D eigenvalue weighted by Gasteiger charge is -2.15. The van der Waals surface area contributed by atoms with Gasteiger partial charge in [-0.2, -0.15) is 0 Å². The van der Waals surface area contributed by atoms with Crippen molar-refractivity contribution in [1.82, 2.24) is 0 Å². The maximum atomic E-state index is 12.3. The van der Waals surface area contributed by atoms with E-state index in [1.807, 2.05) is 24.3 Å². The van der Waals surface area contributed by atoms with Gasteiger partial charge in [0.2, 0.25) is 0 Å². The fourth-order valence-corrected chi connectivity index (χ4v) is 3.46. The molecule has 0 bridgehead atoms. The molecule has 18 heavy (non-hydrogen) atoms. The summed E-state index contributed by atoms with van der Waals surface area (Å²) in [6.45, 7) is 4.05. The maximum absolute atomic E-state index is 12.3.